The number of hydrogen-bond acceptors (Lipinski definition) is 2. The Labute approximate surface area is 65.7 Å². The number of nitrogens with two attached hydrogens (primary N) is 1. The van der Waals surface area contributed by atoms with E-state index in [0.717, 1.165) is 13.1 Å². The highest BCUT2D eigenvalue weighted by atomic mass is 28.2. The summed E-state index contributed by atoms with van der Waals surface area (Å²) in [6.07, 6.45) is 2.19. The third-order valence-electron chi connectivity index (χ3n) is 1.34. The summed E-state index contributed by atoms with van der Waals surface area (Å²) in [5, 5.41) is 3.28. The molecule has 0 aromatic carbocycles. The minimum Gasteiger partial charge on any atom is -0.329 e. The summed E-state index contributed by atoms with van der Waals surface area (Å²) in [4.78, 5) is 0. The monoisotopic (exact) mass is 158 g/mol. The van der Waals surface area contributed by atoms with Crippen LogP contribution in [0.2, 0.25) is 6.55 Å². The van der Waals surface area contributed by atoms with Crippen molar-refractivity contribution in [1.29, 1.82) is 0 Å². The predicted octanol–water partition coefficient (Wildman–Crippen LogP) is -0.346. The summed E-state index contributed by atoms with van der Waals surface area (Å²) in [5.74, 6) is 0. The van der Waals surface area contributed by atoms with Crippen LogP contribution < -0.4 is 11.1 Å². The molecular formula is C7H18N2Si. The van der Waals surface area contributed by atoms with E-state index in [0.29, 0.717) is 6.04 Å². The van der Waals surface area contributed by atoms with Gasteiger partial charge in [-0.1, -0.05) is 12.6 Å². The molecule has 0 fully saturated rings. The van der Waals surface area contributed by atoms with Crippen molar-refractivity contribution in [3.63, 3.8) is 0 Å². The van der Waals surface area contributed by atoms with Crippen molar-refractivity contribution < 1.29 is 0 Å². The molecule has 3 heteroatoms. The fourth-order valence-electron chi connectivity index (χ4n) is 0.603. The van der Waals surface area contributed by atoms with Crippen LogP contribution in [0.1, 0.15) is 6.92 Å². The van der Waals surface area contributed by atoms with Crippen LogP contribution in [0, 0.1) is 0 Å². The van der Waals surface area contributed by atoms with E-state index < -0.39 is 0 Å². The average Bonchev–Trinajstić information content (AvgIpc) is 1.98. The van der Waals surface area contributed by atoms with E-state index in [2.05, 4.69) is 30.6 Å². The number of nitrogens with one attached hydrogen (secondary N) is 1. The largest absolute Gasteiger partial charge is 0.329 e. The van der Waals surface area contributed by atoms with Gasteiger partial charge in [0.1, 0.15) is 0 Å². The molecule has 0 radical (unpaired) electrons. The summed E-state index contributed by atoms with van der Waals surface area (Å²) in [5.41, 5.74) is 7.70. The van der Waals surface area contributed by atoms with Gasteiger partial charge in [-0.15, -0.1) is 5.70 Å². The van der Waals surface area contributed by atoms with Gasteiger partial charge in [0, 0.05) is 28.7 Å². The molecule has 0 heterocycles. The highest BCUT2D eigenvalue weighted by Crippen LogP contribution is 1.75. The highest BCUT2D eigenvalue weighted by Gasteiger charge is 1.91. The molecule has 0 saturated heterocycles. The molecule has 0 aromatic heterocycles. The van der Waals surface area contributed by atoms with Crippen molar-refractivity contribution in [3.8, 4) is 0 Å². The van der Waals surface area contributed by atoms with E-state index in [1.165, 1.54) is 0 Å². The molecule has 60 valence electrons. The van der Waals surface area contributed by atoms with Crippen molar-refractivity contribution in [2.45, 2.75) is 19.5 Å². The lowest BCUT2D eigenvalue weighted by Gasteiger charge is -2.07. The Bertz CT molecular complexity index is 93.6. The van der Waals surface area contributed by atoms with Crippen molar-refractivity contribution >= 4 is 9.52 Å². The van der Waals surface area contributed by atoms with E-state index in [4.69, 9.17) is 5.73 Å². The fraction of sp³-hybridized carbons (Fsp3) is 0.714. The quantitative estimate of drug-likeness (QED) is 0.537. The average molecular weight is 158 g/mol. The van der Waals surface area contributed by atoms with Crippen LogP contribution in [0.25, 0.3) is 0 Å². The van der Waals surface area contributed by atoms with Crippen molar-refractivity contribution in [2.24, 2.45) is 5.73 Å². The van der Waals surface area contributed by atoms with Gasteiger partial charge in [-0.05, 0) is 6.92 Å². The zero-order valence-electron chi connectivity index (χ0n) is 6.93. The van der Waals surface area contributed by atoms with Crippen molar-refractivity contribution in [1.82, 2.24) is 5.32 Å². The molecule has 0 aliphatic heterocycles. The first kappa shape index (κ1) is 9.88. The third kappa shape index (κ3) is 6.00. The van der Waals surface area contributed by atoms with Gasteiger partial charge in [0.15, 0.2) is 0 Å². The molecule has 2 nitrogen and oxygen atoms in total. The Hall–Kier alpha value is -0.123. The Morgan fingerprint density at radius 3 is 2.90 bits per heavy atom. The Morgan fingerprint density at radius 1 is 1.70 bits per heavy atom. The van der Waals surface area contributed by atoms with Gasteiger partial charge in [-0.3, -0.25) is 0 Å². The first-order valence-corrected chi connectivity index (χ1v) is 6.12. The maximum atomic E-state index is 5.41. The lowest BCUT2D eigenvalue weighted by molar-refractivity contribution is 0.593. The SMILES string of the molecule is C[SiH2]C=CCNC(C)CN. The molecule has 0 rings (SSSR count). The van der Waals surface area contributed by atoms with Gasteiger partial charge >= 0.3 is 0 Å². The van der Waals surface area contributed by atoms with Gasteiger partial charge in [0.2, 0.25) is 0 Å². The topological polar surface area (TPSA) is 38.0 Å². The number of hydrogen-bond donors (Lipinski definition) is 2. The maximum Gasteiger partial charge on any atom is 0.0420 e. The minimum atomic E-state index is 0.111. The van der Waals surface area contributed by atoms with E-state index >= 15 is 0 Å². The first-order chi connectivity index (χ1) is 4.81. The standard InChI is InChI=1S/C7H18N2Si/c1-7(6-8)9-4-3-5-10-2/h3,5,7,9H,4,6,8,10H2,1-2H3. The zero-order chi connectivity index (χ0) is 7.82. The molecule has 0 saturated carbocycles. The molecule has 0 aromatic rings. The van der Waals surface area contributed by atoms with Crippen molar-refractivity contribution in [2.75, 3.05) is 13.1 Å². The second-order valence-electron chi connectivity index (χ2n) is 2.42. The predicted molar refractivity (Wildman–Crippen MR) is 50.1 cm³/mol. The van der Waals surface area contributed by atoms with Crippen LogP contribution in [0.4, 0.5) is 0 Å². The molecule has 1 atom stereocenters. The van der Waals surface area contributed by atoms with Crippen LogP contribution in [0.5, 0.6) is 0 Å². The van der Waals surface area contributed by atoms with E-state index in [-0.39, 0.29) is 9.52 Å². The van der Waals surface area contributed by atoms with Crippen LogP contribution in [-0.4, -0.2) is 28.7 Å². The maximum absolute atomic E-state index is 5.41. The summed E-state index contributed by atoms with van der Waals surface area (Å²) in [7, 11) is 0.111. The molecule has 0 aliphatic carbocycles. The second kappa shape index (κ2) is 6.99. The first-order valence-electron chi connectivity index (χ1n) is 3.89. The van der Waals surface area contributed by atoms with Gasteiger partial charge in [0.05, 0.1) is 0 Å². The Kier molecular flexibility index (Phi) is 6.90. The number of rotatable bonds is 5. The van der Waals surface area contributed by atoms with E-state index in [9.17, 15) is 0 Å². The van der Waals surface area contributed by atoms with Crippen LogP contribution in [-0.2, 0) is 0 Å². The van der Waals surface area contributed by atoms with Crippen molar-refractivity contribution in [3.05, 3.63) is 11.8 Å². The van der Waals surface area contributed by atoms with Crippen LogP contribution in [0.3, 0.4) is 0 Å². The Balaban J connectivity index is 3.10. The second-order valence-corrected chi connectivity index (χ2v) is 3.71. The zero-order valence-corrected chi connectivity index (χ0v) is 8.34. The summed E-state index contributed by atoms with van der Waals surface area (Å²) in [6.45, 7) is 6.05. The van der Waals surface area contributed by atoms with Gasteiger partial charge < -0.3 is 11.1 Å². The van der Waals surface area contributed by atoms with E-state index in [1.807, 2.05) is 0 Å². The molecule has 1 unspecified atom stereocenters. The minimum absolute atomic E-state index is 0.111. The third-order valence-corrected chi connectivity index (χ3v) is 2.14. The lowest BCUT2D eigenvalue weighted by atomic mass is 10.3. The fourth-order valence-corrected chi connectivity index (χ4v) is 1.10. The molecule has 10 heavy (non-hydrogen) atoms. The normalized spacial score (nSPS) is 15.5. The summed E-state index contributed by atoms with van der Waals surface area (Å²) < 4.78 is 0. The van der Waals surface area contributed by atoms with Gasteiger partial charge in [0.25, 0.3) is 0 Å². The molecule has 0 bridgehead atoms. The molecule has 3 N–H and O–H groups in total. The van der Waals surface area contributed by atoms with Crippen LogP contribution >= 0.6 is 0 Å². The summed E-state index contributed by atoms with van der Waals surface area (Å²) in [6, 6.07) is 0.447. The smallest absolute Gasteiger partial charge is 0.0420 e. The van der Waals surface area contributed by atoms with Crippen LogP contribution in [0.15, 0.2) is 11.8 Å². The molecular weight excluding hydrogens is 140 g/mol. The molecule has 0 amide bonds. The summed E-state index contributed by atoms with van der Waals surface area (Å²) >= 11 is 0. The van der Waals surface area contributed by atoms with E-state index in [1.54, 1.807) is 0 Å². The lowest BCUT2D eigenvalue weighted by Crippen LogP contribution is -2.33. The highest BCUT2D eigenvalue weighted by molar-refractivity contribution is 6.40. The molecule has 0 spiro atoms. The Morgan fingerprint density at radius 2 is 2.40 bits per heavy atom. The molecule has 0 aliphatic rings. The van der Waals surface area contributed by atoms with Gasteiger partial charge in [-0.2, -0.15) is 0 Å². The van der Waals surface area contributed by atoms with Gasteiger partial charge in [-0.25, -0.2) is 0 Å².